The zero-order valence-electron chi connectivity index (χ0n) is 16.8. The Labute approximate surface area is 184 Å². The Bertz CT molecular complexity index is 1050. The van der Waals surface area contributed by atoms with Gasteiger partial charge >= 0.3 is 0 Å². The molecule has 13 heteroatoms. The second-order valence-electron chi connectivity index (χ2n) is 6.69. The van der Waals surface area contributed by atoms with Crippen molar-refractivity contribution < 1.29 is 43.9 Å². The third kappa shape index (κ3) is 6.78. The van der Waals surface area contributed by atoms with Gasteiger partial charge in [-0.1, -0.05) is 17.7 Å². The van der Waals surface area contributed by atoms with E-state index in [0.717, 1.165) is 5.56 Å². The number of benzene rings is 2. The Kier molecular flexibility index (Phi) is 9.28. The molecular weight excluding hydrogens is 481 g/mol. The first-order valence-corrected chi connectivity index (χ1v) is 11.9. The van der Waals surface area contributed by atoms with Crippen LogP contribution in [-0.2, 0) is 25.7 Å². The van der Waals surface area contributed by atoms with E-state index in [9.17, 15) is 34.6 Å². The Morgan fingerprint density at radius 3 is 1.88 bits per heavy atom. The maximum absolute atomic E-state index is 13.5. The summed E-state index contributed by atoms with van der Waals surface area (Å²) in [7, 11) is -6.34. The highest BCUT2D eigenvalue weighted by Gasteiger charge is 2.29. The van der Waals surface area contributed by atoms with Crippen LogP contribution in [-0.4, -0.2) is 60.7 Å². The van der Waals surface area contributed by atoms with Gasteiger partial charge in [-0.05, 0) is 19.1 Å². The van der Waals surface area contributed by atoms with Crippen molar-refractivity contribution in [2.75, 3.05) is 38.6 Å². The summed E-state index contributed by atoms with van der Waals surface area (Å²) in [5.74, 6) is -10.7. The van der Waals surface area contributed by atoms with Crippen molar-refractivity contribution >= 4 is 20.9 Å². The van der Waals surface area contributed by atoms with Crippen molar-refractivity contribution in [3.8, 4) is 0 Å². The lowest BCUT2D eigenvalue weighted by Crippen LogP contribution is -2.38. The average molecular weight is 501 g/mol. The van der Waals surface area contributed by atoms with Crippen LogP contribution in [0.2, 0.25) is 0 Å². The fourth-order valence-electron chi connectivity index (χ4n) is 2.63. The van der Waals surface area contributed by atoms with Gasteiger partial charge in [0.05, 0.1) is 28.9 Å². The van der Waals surface area contributed by atoms with Crippen LogP contribution in [0.3, 0.4) is 0 Å². The topological polar surface area (TPSA) is 83.9 Å². The number of aryl methyl sites for hydroxylation is 1. The molecule has 1 aliphatic rings. The van der Waals surface area contributed by atoms with Gasteiger partial charge < -0.3 is 4.74 Å². The van der Waals surface area contributed by atoms with E-state index in [2.05, 4.69) is 0 Å². The predicted octanol–water partition coefficient (Wildman–Crippen LogP) is 3.06. The summed E-state index contributed by atoms with van der Waals surface area (Å²) < 4.78 is 112. The van der Waals surface area contributed by atoms with E-state index < -0.39 is 54.9 Å². The van der Waals surface area contributed by atoms with E-state index in [1.807, 2.05) is 11.8 Å². The maximum Gasteiger partial charge on any atom is 0.294 e. The van der Waals surface area contributed by atoms with Crippen LogP contribution in [0.5, 0.6) is 0 Å². The van der Waals surface area contributed by atoms with Gasteiger partial charge in [-0.25, -0.2) is 22.0 Å². The third-order valence-corrected chi connectivity index (χ3v) is 6.65. The molecule has 1 saturated heterocycles. The molecule has 0 spiro atoms. The van der Waals surface area contributed by atoms with Crippen molar-refractivity contribution in [1.82, 2.24) is 4.90 Å². The monoisotopic (exact) mass is 501 g/mol. The quantitative estimate of drug-likeness (QED) is 0.294. The fourth-order valence-corrected chi connectivity index (χ4v) is 4.32. The molecule has 0 aromatic heterocycles. The lowest BCUT2D eigenvalue weighted by atomic mass is 10.2. The van der Waals surface area contributed by atoms with Gasteiger partial charge in [-0.15, -0.1) is 0 Å². The van der Waals surface area contributed by atoms with Crippen LogP contribution in [0.15, 0.2) is 34.1 Å². The molecule has 178 valence electrons. The number of hydrogen-bond donors (Lipinski definition) is 1. The van der Waals surface area contributed by atoms with Crippen LogP contribution < -0.4 is 0 Å². The molecule has 3 rings (SSSR count). The predicted molar refractivity (Wildman–Crippen MR) is 106 cm³/mol. The highest BCUT2D eigenvalue weighted by molar-refractivity contribution is 7.85. The Morgan fingerprint density at radius 1 is 0.938 bits per heavy atom. The second kappa shape index (κ2) is 11.3. The minimum absolute atomic E-state index is 0.0666. The summed E-state index contributed by atoms with van der Waals surface area (Å²) >= 11 is 0. The van der Waals surface area contributed by atoms with E-state index in [1.54, 1.807) is 12.1 Å². The normalized spacial score (nSPS) is 15.7. The molecule has 0 saturated carbocycles. The average Bonchev–Trinajstić information content (AvgIpc) is 2.76. The number of ether oxygens (including phenoxy) is 1. The van der Waals surface area contributed by atoms with Crippen LogP contribution in [0.1, 0.15) is 5.56 Å². The molecule has 1 N–H and O–H groups in total. The Hall–Kier alpha value is -1.93. The Morgan fingerprint density at radius 2 is 1.41 bits per heavy atom. The number of rotatable bonds is 5. The second-order valence-corrected chi connectivity index (χ2v) is 9.62. The van der Waals surface area contributed by atoms with Crippen molar-refractivity contribution in [3.05, 3.63) is 58.9 Å². The summed E-state index contributed by atoms with van der Waals surface area (Å²) in [4.78, 5) is 0.510. The molecule has 6 nitrogen and oxygen atoms in total. The molecule has 2 aromatic carbocycles. The molecule has 1 aliphatic heterocycles. The number of hydrogen-bond acceptors (Lipinski definition) is 5. The van der Waals surface area contributed by atoms with Crippen molar-refractivity contribution in [3.63, 3.8) is 0 Å². The smallest absolute Gasteiger partial charge is 0.294 e. The van der Waals surface area contributed by atoms with Crippen molar-refractivity contribution in [1.29, 1.82) is 0 Å². The standard InChI is InChI=1S/C12H12F5NO2S.C7H8O3S/c13-7-8(14)10(16)12(11(17)9(7)15)21(19)6-3-18-1-4-20-5-2-18;1-6-2-4-7(5-3-6)11(8,9)10/h1-6H2;2-5H,1H3,(H,8,9,10). The summed E-state index contributed by atoms with van der Waals surface area (Å²) in [5, 5.41) is 0. The van der Waals surface area contributed by atoms with E-state index >= 15 is 0 Å². The van der Waals surface area contributed by atoms with E-state index in [-0.39, 0.29) is 17.2 Å². The van der Waals surface area contributed by atoms with Gasteiger partial charge in [0.2, 0.25) is 5.82 Å². The minimum atomic E-state index is -4.02. The van der Waals surface area contributed by atoms with Crippen LogP contribution in [0.25, 0.3) is 0 Å². The molecule has 2 aromatic rings. The zero-order valence-corrected chi connectivity index (χ0v) is 18.4. The lowest BCUT2D eigenvalue weighted by molar-refractivity contribution is 0.0409. The first-order chi connectivity index (χ1) is 14.9. The molecular formula is C19H20F5NO5S2. The van der Waals surface area contributed by atoms with Gasteiger partial charge in [0.15, 0.2) is 23.3 Å². The molecule has 1 fully saturated rings. The zero-order chi connectivity index (χ0) is 24.1. The van der Waals surface area contributed by atoms with E-state index in [1.165, 1.54) is 12.1 Å². The number of nitrogens with zero attached hydrogens (tertiary/aromatic N) is 1. The SMILES string of the molecule is Cc1ccc(S(=O)(=O)O)cc1.O=S(CCN1CCOCC1)c1c(F)c(F)c(F)c(F)c1F. The van der Waals surface area contributed by atoms with E-state index in [4.69, 9.17) is 9.29 Å². The van der Waals surface area contributed by atoms with Gasteiger partial charge in [0.1, 0.15) is 4.90 Å². The highest BCUT2D eigenvalue weighted by Crippen LogP contribution is 2.25. The Balaban J connectivity index is 0.000000278. The highest BCUT2D eigenvalue weighted by atomic mass is 32.2. The first-order valence-electron chi connectivity index (χ1n) is 9.17. The van der Waals surface area contributed by atoms with Gasteiger partial charge in [-0.2, -0.15) is 8.42 Å². The largest absolute Gasteiger partial charge is 0.379 e. The summed E-state index contributed by atoms with van der Waals surface area (Å²) in [6.45, 7) is 4.15. The molecule has 1 atom stereocenters. The summed E-state index contributed by atoms with van der Waals surface area (Å²) in [5.41, 5.74) is 0.956. The van der Waals surface area contributed by atoms with Crippen LogP contribution in [0, 0.1) is 36.0 Å². The first kappa shape index (κ1) is 26.3. The molecule has 1 unspecified atom stereocenters. The molecule has 1 heterocycles. The van der Waals surface area contributed by atoms with Gasteiger partial charge in [0.25, 0.3) is 10.1 Å². The molecule has 0 amide bonds. The van der Waals surface area contributed by atoms with Crippen LogP contribution in [0.4, 0.5) is 22.0 Å². The van der Waals surface area contributed by atoms with Crippen molar-refractivity contribution in [2.24, 2.45) is 0 Å². The number of morpholine rings is 1. The fraction of sp³-hybridized carbons (Fsp3) is 0.368. The number of halogens is 5. The molecule has 0 bridgehead atoms. The molecule has 32 heavy (non-hydrogen) atoms. The minimum Gasteiger partial charge on any atom is -0.379 e. The molecule has 0 radical (unpaired) electrons. The summed E-state index contributed by atoms with van der Waals surface area (Å²) in [6.07, 6.45) is 0. The van der Waals surface area contributed by atoms with E-state index in [0.29, 0.717) is 26.3 Å². The van der Waals surface area contributed by atoms with Gasteiger partial charge in [-0.3, -0.25) is 13.7 Å². The van der Waals surface area contributed by atoms with Gasteiger partial charge in [0, 0.05) is 25.4 Å². The lowest BCUT2D eigenvalue weighted by Gasteiger charge is -2.26. The third-order valence-electron chi connectivity index (χ3n) is 4.41. The summed E-state index contributed by atoms with van der Waals surface area (Å²) in [6, 6.07) is 5.99. The molecule has 0 aliphatic carbocycles. The van der Waals surface area contributed by atoms with Crippen molar-refractivity contribution in [2.45, 2.75) is 16.7 Å². The van der Waals surface area contributed by atoms with Crippen LogP contribution >= 0.6 is 0 Å². The maximum atomic E-state index is 13.5.